The molecular weight excluding hydrogens is 266 g/mol. The molecule has 1 heterocycles. The van der Waals surface area contributed by atoms with E-state index in [0.29, 0.717) is 12.3 Å². The monoisotopic (exact) mass is 281 g/mol. The van der Waals surface area contributed by atoms with Crippen LogP contribution in [0.5, 0.6) is 0 Å². The Morgan fingerprint density at radius 3 is 2.94 bits per heavy atom. The number of benzene rings is 1. The quantitative estimate of drug-likeness (QED) is 0.847. The van der Waals surface area contributed by atoms with E-state index < -0.39 is 0 Å². The van der Waals surface area contributed by atoms with E-state index in [1.165, 1.54) is 11.3 Å². The lowest BCUT2D eigenvalue weighted by Gasteiger charge is -2.16. The van der Waals surface area contributed by atoms with E-state index >= 15 is 0 Å². The minimum absolute atomic E-state index is 0.268. The minimum Gasteiger partial charge on any atom is -0.371 e. The van der Waals surface area contributed by atoms with Gasteiger partial charge in [-0.1, -0.05) is 22.0 Å². The van der Waals surface area contributed by atoms with Crippen molar-refractivity contribution in [2.24, 2.45) is 0 Å². The number of anilines is 1. The van der Waals surface area contributed by atoms with E-state index in [2.05, 4.69) is 46.0 Å². The van der Waals surface area contributed by atoms with Crippen molar-refractivity contribution < 1.29 is 4.79 Å². The summed E-state index contributed by atoms with van der Waals surface area (Å²) >= 11 is 3.60. The van der Waals surface area contributed by atoms with Crippen molar-refractivity contribution in [1.29, 1.82) is 0 Å². The molecule has 0 fully saturated rings. The van der Waals surface area contributed by atoms with Crippen LogP contribution in [-0.2, 0) is 4.79 Å². The highest BCUT2D eigenvalue weighted by molar-refractivity contribution is 9.10. The zero-order valence-electron chi connectivity index (χ0n) is 9.66. The van der Waals surface area contributed by atoms with Crippen molar-refractivity contribution in [2.45, 2.75) is 26.2 Å². The molecule has 1 aliphatic rings. The Labute approximate surface area is 105 Å². The Balaban J connectivity index is 2.39. The molecule has 2 rings (SSSR count). The molecule has 1 atom stereocenters. The van der Waals surface area contributed by atoms with Crippen LogP contribution in [-0.4, -0.2) is 18.9 Å². The van der Waals surface area contributed by atoms with E-state index in [1.807, 2.05) is 0 Å². The lowest BCUT2D eigenvalue weighted by molar-refractivity contribution is -0.117. The number of nitrogens with zero attached hydrogens (tertiary/aromatic N) is 1. The number of Topliss-reactive ketones (excluding diaryl/α,β-unsaturated/α-hetero) is 1. The van der Waals surface area contributed by atoms with Gasteiger partial charge in [0.1, 0.15) is 5.78 Å². The summed E-state index contributed by atoms with van der Waals surface area (Å²) in [5.41, 5.74) is 2.59. The first-order valence-corrected chi connectivity index (χ1v) is 6.45. The van der Waals surface area contributed by atoms with Crippen LogP contribution < -0.4 is 4.90 Å². The fourth-order valence-electron chi connectivity index (χ4n) is 2.47. The smallest absolute Gasteiger partial charge is 0.130 e. The fourth-order valence-corrected chi connectivity index (χ4v) is 3.15. The Bertz CT molecular complexity index is 416. The van der Waals surface area contributed by atoms with Gasteiger partial charge >= 0.3 is 0 Å². The Morgan fingerprint density at radius 1 is 1.56 bits per heavy atom. The van der Waals surface area contributed by atoms with E-state index in [4.69, 9.17) is 0 Å². The summed E-state index contributed by atoms with van der Waals surface area (Å²) in [6.45, 7) is 5.79. The van der Waals surface area contributed by atoms with Crippen LogP contribution in [0, 0.1) is 0 Å². The Hall–Kier alpha value is -0.830. The summed E-state index contributed by atoms with van der Waals surface area (Å²) in [5.74, 6) is 0.618. The van der Waals surface area contributed by atoms with Crippen LogP contribution in [0.1, 0.15) is 31.7 Å². The lowest BCUT2D eigenvalue weighted by Crippen LogP contribution is -2.21. The first-order valence-electron chi connectivity index (χ1n) is 5.66. The van der Waals surface area contributed by atoms with Crippen molar-refractivity contribution >= 4 is 27.4 Å². The van der Waals surface area contributed by atoms with Crippen LogP contribution in [0.15, 0.2) is 22.7 Å². The van der Waals surface area contributed by atoms with Crippen molar-refractivity contribution in [3.8, 4) is 0 Å². The maximum Gasteiger partial charge on any atom is 0.130 e. The average Bonchev–Trinajstić information content (AvgIpc) is 2.57. The molecule has 16 heavy (non-hydrogen) atoms. The molecule has 1 aromatic carbocycles. The molecule has 0 aromatic heterocycles. The topological polar surface area (TPSA) is 20.3 Å². The number of carbonyl (C=O) groups excluding carboxylic acids is 1. The van der Waals surface area contributed by atoms with Gasteiger partial charge in [0, 0.05) is 35.6 Å². The Morgan fingerprint density at radius 2 is 2.31 bits per heavy atom. The van der Waals surface area contributed by atoms with E-state index in [-0.39, 0.29) is 5.78 Å². The summed E-state index contributed by atoms with van der Waals surface area (Å²) in [6, 6.07) is 6.26. The average molecular weight is 282 g/mol. The van der Waals surface area contributed by atoms with Gasteiger partial charge in [-0.25, -0.2) is 0 Å². The van der Waals surface area contributed by atoms with E-state index in [0.717, 1.165) is 17.6 Å². The van der Waals surface area contributed by atoms with Crippen LogP contribution in [0.3, 0.4) is 0 Å². The molecule has 1 aliphatic heterocycles. The number of ketones is 1. The second-order valence-electron chi connectivity index (χ2n) is 4.31. The molecule has 86 valence electrons. The number of likely N-dealkylation sites (N-methyl/N-ethyl adjacent to an activating group) is 1. The lowest BCUT2D eigenvalue weighted by atomic mass is 9.96. The zero-order chi connectivity index (χ0) is 11.7. The molecule has 0 spiro atoms. The summed E-state index contributed by atoms with van der Waals surface area (Å²) in [5, 5.41) is 0. The highest BCUT2D eigenvalue weighted by atomic mass is 79.9. The van der Waals surface area contributed by atoms with Gasteiger partial charge in [0.15, 0.2) is 0 Å². The van der Waals surface area contributed by atoms with Crippen LogP contribution in [0.25, 0.3) is 0 Å². The molecule has 0 aliphatic carbocycles. The minimum atomic E-state index is 0.268. The Kier molecular flexibility index (Phi) is 3.33. The van der Waals surface area contributed by atoms with Crippen molar-refractivity contribution in [3.63, 3.8) is 0 Å². The van der Waals surface area contributed by atoms with Crippen LogP contribution in [0.4, 0.5) is 5.69 Å². The molecule has 2 nitrogen and oxygen atoms in total. The van der Waals surface area contributed by atoms with Gasteiger partial charge < -0.3 is 9.69 Å². The third-order valence-electron chi connectivity index (χ3n) is 3.14. The van der Waals surface area contributed by atoms with Gasteiger partial charge in [-0.2, -0.15) is 0 Å². The van der Waals surface area contributed by atoms with Crippen LogP contribution in [0.2, 0.25) is 0 Å². The fraction of sp³-hybridized carbons (Fsp3) is 0.462. The third-order valence-corrected chi connectivity index (χ3v) is 3.83. The van der Waals surface area contributed by atoms with Gasteiger partial charge in [-0.05, 0) is 31.5 Å². The number of hydrogen-bond acceptors (Lipinski definition) is 2. The summed E-state index contributed by atoms with van der Waals surface area (Å²) in [6.07, 6.45) is 0.645. The SMILES string of the molecule is CCN1CC(CC(C)=O)c2c(Br)cccc21. The standard InChI is InChI=1S/C13H16BrNO/c1-3-15-8-10(7-9(2)16)13-11(14)5-4-6-12(13)15/h4-6,10H,3,7-8H2,1-2H3. The second kappa shape index (κ2) is 4.58. The highest BCUT2D eigenvalue weighted by Crippen LogP contribution is 2.42. The van der Waals surface area contributed by atoms with Crippen molar-refractivity contribution in [1.82, 2.24) is 0 Å². The van der Waals surface area contributed by atoms with Gasteiger partial charge in [0.05, 0.1) is 0 Å². The van der Waals surface area contributed by atoms with Crippen LogP contribution >= 0.6 is 15.9 Å². The molecule has 0 bridgehead atoms. The van der Waals surface area contributed by atoms with E-state index in [1.54, 1.807) is 6.92 Å². The van der Waals surface area contributed by atoms with E-state index in [9.17, 15) is 4.79 Å². The number of hydrogen-bond donors (Lipinski definition) is 0. The van der Waals surface area contributed by atoms with Gasteiger partial charge in [0.2, 0.25) is 0 Å². The summed E-state index contributed by atoms with van der Waals surface area (Å²) in [4.78, 5) is 13.6. The number of fused-ring (bicyclic) bond motifs is 1. The number of rotatable bonds is 3. The van der Waals surface area contributed by atoms with Gasteiger partial charge in [-0.15, -0.1) is 0 Å². The molecule has 0 radical (unpaired) electrons. The molecular formula is C13H16BrNO. The molecule has 0 saturated carbocycles. The first-order chi connectivity index (χ1) is 7.63. The van der Waals surface area contributed by atoms with Crippen molar-refractivity contribution in [3.05, 3.63) is 28.2 Å². The summed E-state index contributed by atoms with van der Waals surface area (Å²) in [7, 11) is 0. The molecule has 0 saturated heterocycles. The molecule has 1 unspecified atom stereocenters. The van der Waals surface area contributed by atoms with Gasteiger partial charge in [-0.3, -0.25) is 0 Å². The predicted molar refractivity (Wildman–Crippen MR) is 70.1 cm³/mol. The summed E-state index contributed by atoms with van der Waals surface area (Å²) < 4.78 is 1.13. The predicted octanol–water partition coefficient (Wildman–Crippen LogP) is 3.35. The maximum atomic E-state index is 11.3. The number of halogens is 1. The largest absolute Gasteiger partial charge is 0.371 e. The maximum absolute atomic E-state index is 11.3. The zero-order valence-corrected chi connectivity index (χ0v) is 11.3. The normalized spacial score (nSPS) is 18.7. The second-order valence-corrected chi connectivity index (χ2v) is 5.17. The highest BCUT2D eigenvalue weighted by Gasteiger charge is 2.30. The molecule has 3 heteroatoms. The third kappa shape index (κ3) is 2.01. The molecule has 0 amide bonds. The van der Waals surface area contributed by atoms with Crippen molar-refractivity contribution in [2.75, 3.05) is 18.0 Å². The first kappa shape index (κ1) is 11.6. The molecule has 0 N–H and O–H groups in total. The van der Waals surface area contributed by atoms with Gasteiger partial charge in [0.25, 0.3) is 0 Å². The number of carbonyl (C=O) groups is 1. The molecule has 1 aromatic rings.